The van der Waals surface area contributed by atoms with Crippen LogP contribution in [0.2, 0.25) is 0 Å². The van der Waals surface area contributed by atoms with Crippen molar-refractivity contribution in [1.82, 2.24) is 0 Å². The van der Waals surface area contributed by atoms with Crippen molar-refractivity contribution in [3.63, 3.8) is 0 Å². The molecule has 3 nitrogen and oxygen atoms in total. The first-order valence-electron chi connectivity index (χ1n) is 5.41. The Hall–Kier alpha value is -1.33. The summed E-state index contributed by atoms with van der Waals surface area (Å²) in [6.45, 7) is 0.603. The molecule has 0 unspecified atom stereocenters. The summed E-state index contributed by atoms with van der Waals surface area (Å²) in [5.41, 5.74) is 0.921. The van der Waals surface area contributed by atoms with Gasteiger partial charge in [-0.2, -0.15) is 0 Å². The fraction of sp³-hybridized carbons (Fsp3) is 0.154. The number of para-hydroxylation sites is 1. The van der Waals surface area contributed by atoms with Gasteiger partial charge < -0.3 is 10.0 Å². The normalized spacial score (nSPS) is 10.3. The molecular formula is C13H12BrNO2S. The van der Waals surface area contributed by atoms with Crippen LogP contribution >= 0.6 is 27.3 Å². The predicted molar refractivity (Wildman–Crippen MR) is 77.1 cm³/mol. The van der Waals surface area contributed by atoms with Crippen LogP contribution in [0.15, 0.2) is 46.3 Å². The molecule has 0 saturated heterocycles. The van der Waals surface area contributed by atoms with Crippen molar-refractivity contribution in [1.29, 1.82) is 0 Å². The van der Waals surface area contributed by atoms with Gasteiger partial charge in [0, 0.05) is 10.6 Å². The Kier molecular flexibility index (Phi) is 4.38. The quantitative estimate of drug-likeness (QED) is 0.913. The number of aliphatic carboxylic acids is 1. The summed E-state index contributed by atoms with van der Waals surface area (Å²) in [6, 6.07) is 13.6. The van der Waals surface area contributed by atoms with Gasteiger partial charge in [-0.1, -0.05) is 18.2 Å². The van der Waals surface area contributed by atoms with Crippen LogP contribution in [0.3, 0.4) is 0 Å². The molecule has 0 aliphatic rings. The smallest absolute Gasteiger partial charge is 0.323 e. The molecule has 0 atom stereocenters. The molecule has 0 bridgehead atoms. The number of halogens is 1. The number of hydrogen-bond acceptors (Lipinski definition) is 3. The average molecular weight is 326 g/mol. The lowest BCUT2D eigenvalue weighted by Gasteiger charge is -2.22. The number of carbonyl (C=O) groups is 1. The predicted octanol–water partition coefficient (Wildman–Crippen LogP) is 3.60. The van der Waals surface area contributed by atoms with E-state index in [2.05, 4.69) is 15.9 Å². The van der Waals surface area contributed by atoms with Gasteiger partial charge >= 0.3 is 5.97 Å². The highest BCUT2D eigenvalue weighted by atomic mass is 79.9. The number of carboxylic acid groups (broad SMARTS) is 1. The summed E-state index contributed by atoms with van der Waals surface area (Å²) in [4.78, 5) is 13.9. The van der Waals surface area contributed by atoms with Crippen LogP contribution in [-0.2, 0) is 11.3 Å². The van der Waals surface area contributed by atoms with Crippen LogP contribution in [0.5, 0.6) is 0 Å². The van der Waals surface area contributed by atoms with Crippen molar-refractivity contribution in [3.05, 3.63) is 51.1 Å². The van der Waals surface area contributed by atoms with Gasteiger partial charge in [0.15, 0.2) is 0 Å². The fourth-order valence-electron chi connectivity index (χ4n) is 1.67. The Morgan fingerprint density at radius 2 is 1.94 bits per heavy atom. The molecule has 0 fully saturated rings. The zero-order valence-electron chi connectivity index (χ0n) is 9.54. The van der Waals surface area contributed by atoms with Crippen molar-refractivity contribution < 1.29 is 9.90 Å². The van der Waals surface area contributed by atoms with Gasteiger partial charge in [0.2, 0.25) is 0 Å². The lowest BCUT2D eigenvalue weighted by atomic mass is 10.2. The second-order valence-electron chi connectivity index (χ2n) is 3.79. The van der Waals surface area contributed by atoms with Crippen molar-refractivity contribution in [3.8, 4) is 0 Å². The maximum absolute atomic E-state index is 10.9. The highest BCUT2D eigenvalue weighted by molar-refractivity contribution is 9.11. The second kappa shape index (κ2) is 6.02. The Balaban J connectivity index is 2.18. The maximum Gasteiger partial charge on any atom is 0.323 e. The van der Waals surface area contributed by atoms with Crippen LogP contribution in [0.4, 0.5) is 5.69 Å². The summed E-state index contributed by atoms with van der Waals surface area (Å²) in [5, 5.41) is 8.98. The van der Waals surface area contributed by atoms with E-state index in [9.17, 15) is 4.79 Å². The van der Waals surface area contributed by atoms with Crippen LogP contribution in [0, 0.1) is 0 Å². The van der Waals surface area contributed by atoms with E-state index in [1.807, 2.05) is 47.4 Å². The molecule has 1 aromatic heterocycles. The average Bonchev–Trinajstić information content (AvgIpc) is 2.75. The third-order valence-corrected chi connectivity index (χ3v) is 4.03. The molecule has 0 radical (unpaired) electrons. The molecule has 0 spiro atoms. The number of rotatable bonds is 5. The Morgan fingerprint density at radius 1 is 1.22 bits per heavy atom. The molecular weight excluding hydrogens is 314 g/mol. The zero-order valence-corrected chi connectivity index (χ0v) is 11.9. The minimum Gasteiger partial charge on any atom is -0.480 e. The second-order valence-corrected chi connectivity index (χ2v) is 6.34. The molecule has 2 rings (SSSR count). The molecule has 0 aliphatic carbocycles. The highest BCUT2D eigenvalue weighted by Gasteiger charge is 2.12. The molecule has 0 saturated carbocycles. The first-order chi connectivity index (χ1) is 8.65. The topological polar surface area (TPSA) is 40.5 Å². The molecule has 2 aromatic rings. The third-order valence-electron chi connectivity index (χ3n) is 2.42. The van der Waals surface area contributed by atoms with E-state index in [1.165, 1.54) is 0 Å². The van der Waals surface area contributed by atoms with Crippen molar-refractivity contribution in [2.24, 2.45) is 0 Å². The number of nitrogens with zero attached hydrogens (tertiary/aromatic N) is 1. The van der Waals surface area contributed by atoms with Gasteiger partial charge in [-0.05, 0) is 40.2 Å². The SMILES string of the molecule is O=C(O)CN(Cc1ccc(Br)s1)c1ccccc1. The number of thiophene rings is 1. The first-order valence-corrected chi connectivity index (χ1v) is 7.02. The maximum atomic E-state index is 10.9. The Bertz CT molecular complexity index is 527. The third kappa shape index (κ3) is 3.58. The summed E-state index contributed by atoms with van der Waals surface area (Å²) >= 11 is 5.03. The summed E-state index contributed by atoms with van der Waals surface area (Å²) in [7, 11) is 0. The van der Waals surface area contributed by atoms with Crippen LogP contribution < -0.4 is 4.90 Å². The van der Waals surface area contributed by atoms with Gasteiger partial charge in [-0.15, -0.1) is 11.3 Å². The molecule has 1 N–H and O–H groups in total. The minimum atomic E-state index is -0.825. The van der Waals surface area contributed by atoms with E-state index in [4.69, 9.17) is 5.11 Å². The molecule has 1 heterocycles. The number of benzene rings is 1. The molecule has 94 valence electrons. The molecule has 0 amide bonds. The summed E-state index contributed by atoms with van der Waals surface area (Å²) < 4.78 is 1.06. The Morgan fingerprint density at radius 3 is 2.50 bits per heavy atom. The standard InChI is InChI=1S/C13H12BrNO2S/c14-12-7-6-11(18-12)8-15(9-13(16)17)10-4-2-1-3-5-10/h1-7H,8-9H2,(H,16,17). The van der Waals surface area contributed by atoms with Crippen molar-refractivity contribution in [2.75, 3.05) is 11.4 Å². The summed E-state index contributed by atoms with van der Waals surface area (Å²) in [5.74, 6) is -0.825. The Labute approximate surface area is 118 Å². The lowest BCUT2D eigenvalue weighted by Crippen LogP contribution is -2.28. The number of anilines is 1. The van der Waals surface area contributed by atoms with Crippen LogP contribution in [0.25, 0.3) is 0 Å². The highest BCUT2D eigenvalue weighted by Crippen LogP contribution is 2.25. The first kappa shape index (κ1) is 13.1. The van der Waals surface area contributed by atoms with E-state index < -0.39 is 5.97 Å². The molecule has 5 heteroatoms. The van der Waals surface area contributed by atoms with E-state index in [-0.39, 0.29) is 6.54 Å². The van der Waals surface area contributed by atoms with Crippen LogP contribution in [-0.4, -0.2) is 17.6 Å². The van der Waals surface area contributed by atoms with E-state index in [0.29, 0.717) is 6.54 Å². The number of carboxylic acids is 1. The van der Waals surface area contributed by atoms with Gasteiger partial charge in [-0.3, -0.25) is 4.79 Å². The largest absolute Gasteiger partial charge is 0.480 e. The lowest BCUT2D eigenvalue weighted by molar-refractivity contribution is -0.135. The van der Waals surface area contributed by atoms with Crippen molar-refractivity contribution in [2.45, 2.75) is 6.54 Å². The van der Waals surface area contributed by atoms with E-state index >= 15 is 0 Å². The van der Waals surface area contributed by atoms with E-state index in [1.54, 1.807) is 11.3 Å². The van der Waals surface area contributed by atoms with Crippen molar-refractivity contribution >= 4 is 38.9 Å². The molecule has 0 aliphatic heterocycles. The van der Waals surface area contributed by atoms with Gasteiger partial charge in [0.25, 0.3) is 0 Å². The minimum absolute atomic E-state index is 0.000464. The van der Waals surface area contributed by atoms with Gasteiger partial charge in [0.1, 0.15) is 6.54 Å². The van der Waals surface area contributed by atoms with Crippen LogP contribution in [0.1, 0.15) is 4.88 Å². The monoisotopic (exact) mass is 325 g/mol. The van der Waals surface area contributed by atoms with Gasteiger partial charge in [0.05, 0.1) is 10.3 Å². The molecule has 1 aromatic carbocycles. The van der Waals surface area contributed by atoms with E-state index in [0.717, 1.165) is 14.4 Å². The summed E-state index contributed by atoms with van der Waals surface area (Å²) in [6.07, 6.45) is 0. The zero-order chi connectivity index (χ0) is 13.0. The fourth-order valence-corrected chi connectivity index (χ4v) is 3.16. The van der Waals surface area contributed by atoms with Gasteiger partial charge in [-0.25, -0.2) is 0 Å². The number of hydrogen-bond donors (Lipinski definition) is 1. The molecule has 18 heavy (non-hydrogen) atoms.